The lowest BCUT2D eigenvalue weighted by Crippen LogP contribution is -2.01. The van der Waals surface area contributed by atoms with E-state index < -0.39 is 0 Å². The summed E-state index contributed by atoms with van der Waals surface area (Å²) in [6, 6.07) is 0.136. The van der Waals surface area contributed by atoms with Crippen molar-refractivity contribution in [2.45, 2.75) is 19.9 Å². The van der Waals surface area contributed by atoms with Gasteiger partial charge in [-0.05, 0) is 26.1 Å². The number of nitrogens with two attached hydrogens (primary N) is 1. The SMILES string of the molecule is CC(C)N=C(C=O)/C=C\N. The van der Waals surface area contributed by atoms with E-state index in [0.717, 1.165) is 0 Å². The molecule has 0 bridgehead atoms. The van der Waals surface area contributed by atoms with Gasteiger partial charge in [0, 0.05) is 6.04 Å². The number of aldehydes is 1. The monoisotopic (exact) mass is 140 g/mol. The Morgan fingerprint density at radius 2 is 2.20 bits per heavy atom. The van der Waals surface area contributed by atoms with Crippen molar-refractivity contribution in [1.29, 1.82) is 0 Å². The van der Waals surface area contributed by atoms with Crippen molar-refractivity contribution in [2.24, 2.45) is 10.7 Å². The normalized spacial score (nSPS) is 12.9. The van der Waals surface area contributed by atoms with Crippen LogP contribution in [0.5, 0.6) is 0 Å². The fourth-order valence-corrected chi connectivity index (χ4v) is 0.509. The predicted molar refractivity (Wildman–Crippen MR) is 42.0 cm³/mol. The topological polar surface area (TPSA) is 55.5 Å². The molecule has 56 valence electrons. The number of aliphatic imine (C=N–C) groups is 1. The maximum absolute atomic E-state index is 10.2. The Labute approximate surface area is 60.6 Å². The summed E-state index contributed by atoms with van der Waals surface area (Å²) >= 11 is 0. The standard InChI is InChI=1S/C7H12N2O/c1-6(2)9-7(5-10)3-4-8/h3-6H,8H2,1-2H3/b4-3-,9-7?. The van der Waals surface area contributed by atoms with Crippen molar-refractivity contribution in [3.05, 3.63) is 12.3 Å². The highest BCUT2D eigenvalue weighted by atomic mass is 16.1. The van der Waals surface area contributed by atoms with Crippen LogP contribution in [0.25, 0.3) is 0 Å². The molecule has 2 N–H and O–H groups in total. The average Bonchev–Trinajstić information content (AvgIpc) is 1.86. The molecule has 0 fully saturated rings. The molecular weight excluding hydrogens is 128 g/mol. The zero-order valence-corrected chi connectivity index (χ0v) is 6.24. The minimum absolute atomic E-state index is 0.136. The molecule has 0 aliphatic carbocycles. The van der Waals surface area contributed by atoms with Crippen LogP contribution in [0.4, 0.5) is 0 Å². The third-order valence-corrected chi connectivity index (χ3v) is 0.795. The molecule has 0 rings (SSSR count). The molecule has 0 aromatic heterocycles. The first-order chi connectivity index (χ1) is 4.70. The molecule has 0 aliphatic heterocycles. The van der Waals surface area contributed by atoms with Crippen molar-refractivity contribution in [3.63, 3.8) is 0 Å². The Kier molecular flexibility index (Phi) is 4.20. The summed E-state index contributed by atoms with van der Waals surface area (Å²) in [6.07, 6.45) is 3.46. The number of allylic oxidation sites excluding steroid dienone is 1. The first-order valence-electron chi connectivity index (χ1n) is 3.12. The van der Waals surface area contributed by atoms with E-state index in [9.17, 15) is 4.79 Å². The van der Waals surface area contributed by atoms with Crippen molar-refractivity contribution in [1.82, 2.24) is 0 Å². The first-order valence-corrected chi connectivity index (χ1v) is 3.12. The number of carbonyl (C=O) groups is 1. The molecule has 0 aromatic rings. The van der Waals surface area contributed by atoms with Gasteiger partial charge < -0.3 is 5.73 Å². The molecular formula is C7H12N2O. The summed E-state index contributed by atoms with van der Waals surface area (Å²) in [6.45, 7) is 3.79. The second-order valence-corrected chi connectivity index (χ2v) is 2.12. The van der Waals surface area contributed by atoms with E-state index in [2.05, 4.69) is 4.99 Å². The largest absolute Gasteiger partial charge is 0.405 e. The minimum atomic E-state index is 0.136. The summed E-state index contributed by atoms with van der Waals surface area (Å²) in [7, 11) is 0. The summed E-state index contributed by atoms with van der Waals surface area (Å²) in [5.41, 5.74) is 5.45. The number of rotatable bonds is 3. The van der Waals surface area contributed by atoms with Gasteiger partial charge in [-0.2, -0.15) is 0 Å². The van der Waals surface area contributed by atoms with Gasteiger partial charge in [0.15, 0.2) is 6.29 Å². The molecule has 0 unspecified atom stereocenters. The van der Waals surface area contributed by atoms with Gasteiger partial charge in [-0.25, -0.2) is 0 Å². The van der Waals surface area contributed by atoms with Gasteiger partial charge in [0.2, 0.25) is 0 Å². The van der Waals surface area contributed by atoms with Crippen molar-refractivity contribution < 1.29 is 4.79 Å². The van der Waals surface area contributed by atoms with Crippen molar-refractivity contribution >= 4 is 12.0 Å². The molecule has 0 heterocycles. The van der Waals surface area contributed by atoms with Crippen LogP contribution in [-0.4, -0.2) is 18.0 Å². The van der Waals surface area contributed by atoms with E-state index in [0.29, 0.717) is 12.0 Å². The number of carbonyl (C=O) groups excluding carboxylic acids is 1. The molecule has 0 saturated carbocycles. The molecule has 0 radical (unpaired) electrons. The van der Waals surface area contributed by atoms with E-state index in [1.807, 2.05) is 13.8 Å². The van der Waals surface area contributed by atoms with Crippen molar-refractivity contribution in [3.8, 4) is 0 Å². The maximum atomic E-state index is 10.2. The Hall–Kier alpha value is -1.12. The zero-order chi connectivity index (χ0) is 7.98. The third-order valence-electron chi connectivity index (χ3n) is 0.795. The summed E-state index contributed by atoms with van der Waals surface area (Å²) in [5, 5.41) is 0. The molecule has 0 saturated heterocycles. The molecule has 3 heteroatoms. The molecule has 10 heavy (non-hydrogen) atoms. The van der Waals surface area contributed by atoms with E-state index >= 15 is 0 Å². The molecule has 0 atom stereocenters. The van der Waals surface area contributed by atoms with Crippen LogP contribution >= 0.6 is 0 Å². The van der Waals surface area contributed by atoms with E-state index in [1.165, 1.54) is 12.3 Å². The van der Waals surface area contributed by atoms with E-state index in [-0.39, 0.29) is 6.04 Å². The number of hydrogen-bond acceptors (Lipinski definition) is 3. The quantitative estimate of drug-likeness (QED) is 0.458. The fraction of sp³-hybridized carbons (Fsp3) is 0.429. The summed E-state index contributed by atoms with van der Waals surface area (Å²) in [4.78, 5) is 14.2. The first kappa shape index (κ1) is 8.88. The molecule has 3 nitrogen and oxygen atoms in total. The summed E-state index contributed by atoms with van der Waals surface area (Å²) < 4.78 is 0. The highest BCUT2D eigenvalue weighted by Gasteiger charge is 1.91. The molecule has 0 amide bonds. The van der Waals surface area contributed by atoms with Crippen molar-refractivity contribution in [2.75, 3.05) is 0 Å². The average molecular weight is 140 g/mol. The second-order valence-electron chi connectivity index (χ2n) is 2.12. The molecule has 0 spiro atoms. The second kappa shape index (κ2) is 4.73. The summed E-state index contributed by atoms with van der Waals surface area (Å²) in [5.74, 6) is 0. The van der Waals surface area contributed by atoms with Crippen LogP contribution in [0.1, 0.15) is 13.8 Å². The number of hydrogen-bond donors (Lipinski definition) is 1. The van der Waals surface area contributed by atoms with Gasteiger partial charge in [-0.1, -0.05) is 0 Å². The van der Waals surface area contributed by atoms with Crippen LogP contribution in [0.15, 0.2) is 17.3 Å². The van der Waals surface area contributed by atoms with Crippen LogP contribution in [0.2, 0.25) is 0 Å². The van der Waals surface area contributed by atoms with Crippen LogP contribution in [0.3, 0.4) is 0 Å². The molecule has 0 aromatic carbocycles. The van der Waals surface area contributed by atoms with E-state index in [4.69, 9.17) is 5.73 Å². The van der Waals surface area contributed by atoms with Gasteiger partial charge in [0.1, 0.15) is 0 Å². The van der Waals surface area contributed by atoms with Gasteiger partial charge in [-0.3, -0.25) is 9.79 Å². The smallest absolute Gasteiger partial charge is 0.168 e. The predicted octanol–water partition coefficient (Wildman–Crippen LogP) is 0.507. The molecule has 0 aliphatic rings. The minimum Gasteiger partial charge on any atom is -0.405 e. The maximum Gasteiger partial charge on any atom is 0.168 e. The Morgan fingerprint density at radius 1 is 1.60 bits per heavy atom. The lowest BCUT2D eigenvalue weighted by atomic mass is 10.3. The van der Waals surface area contributed by atoms with Gasteiger partial charge >= 0.3 is 0 Å². The van der Waals surface area contributed by atoms with Gasteiger partial charge in [-0.15, -0.1) is 0 Å². The lowest BCUT2D eigenvalue weighted by Gasteiger charge is -1.94. The Bertz CT molecular complexity index is 159. The van der Waals surface area contributed by atoms with Crippen LogP contribution in [-0.2, 0) is 4.79 Å². The highest BCUT2D eigenvalue weighted by Crippen LogP contribution is 1.87. The fourth-order valence-electron chi connectivity index (χ4n) is 0.509. The Morgan fingerprint density at radius 3 is 2.50 bits per heavy atom. The van der Waals surface area contributed by atoms with Gasteiger partial charge in [0.25, 0.3) is 0 Å². The van der Waals surface area contributed by atoms with Crippen LogP contribution < -0.4 is 5.73 Å². The number of nitrogens with zero attached hydrogens (tertiary/aromatic N) is 1. The third kappa shape index (κ3) is 3.83. The lowest BCUT2D eigenvalue weighted by molar-refractivity contribution is -0.102. The highest BCUT2D eigenvalue weighted by molar-refractivity contribution is 6.33. The Balaban J connectivity index is 4.18. The van der Waals surface area contributed by atoms with Crippen LogP contribution in [0, 0.1) is 0 Å². The zero-order valence-electron chi connectivity index (χ0n) is 6.24. The van der Waals surface area contributed by atoms with Gasteiger partial charge in [0.05, 0.1) is 5.71 Å². The van der Waals surface area contributed by atoms with E-state index in [1.54, 1.807) is 0 Å².